The number of hydrogen-bond donors (Lipinski definition) is 1. The predicted octanol–water partition coefficient (Wildman–Crippen LogP) is 2.26. The molecule has 0 aliphatic heterocycles. The molecule has 0 spiro atoms. The molecule has 0 aliphatic rings. The average Bonchev–Trinajstić information content (AvgIpc) is 2.71. The SMILES string of the molecule is CC(C)Oc1ccc(-c2cn[nH]c2)nc1. The van der Waals surface area contributed by atoms with Gasteiger partial charge in [-0.15, -0.1) is 0 Å². The van der Waals surface area contributed by atoms with Gasteiger partial charge in [0.25, 0.3) is 0 Å². The molecule has 0 unspecified atom stereocenters. The molecule has 4 nitrogen and oxygen atoms in total. The van der Waals surface area contributed by atoms with Crippen LogP contribution in [0, 0.1) is 0 Å². The van der Waals surface area contributed by atoms with E-state index in [1.165, 1.54) is 0 Å². The molecule has 2 rings (SSSR count). The lowest BCUT2D eigenvalue weighted by Crippen LogP contribution is -2.05. The number of pyridine rings is 1. The Balaban J connectivity index is 2.17. The van der Waals surface area contributed by atoms with Gasteiger partial charge < -0.3 is 4.74 Å². The number of hydrogen-bond acceptors (Lipinski definition) is 3. The van der Waals surface area contributed by atoms with Crippen molar-refractivity contribution in [2.45, 2.75) is 20.0 Å². The Hall–Kier alpha value is -1.84. The molecule has 0 saturated carbocycles. The first-order chi connectivity index (χ1) is 7.25. The molecule has 0 aliphatic carbocycles. The maximum absolute atomic E-state index is 5.50. The van der Waals surface area contributed by atoms with Crippen LogP contribution in [0.5, 0.6) is 5.75 Å². The quantitative estimate of drug-likeness (QED) is 0.832. The first-order valence-electron chi connectivity index (χ1n) is 4.87. The molecule has 0 bridgehead atoms. The molecule has 2 aromatic heterocycles. The van der Waals surface area contributed by atoms with E-state index in [4.69, 9.17) is 4.74 Å². The molecule has 0 fully saturated rings. The van der Waals surface area contributed by atoms with Crippen molar-refractivity contribution in [3.63, 3.8) is 0 Å². The van der Waals surface area contributed by atoms with E-state index < -0.39 is 0 Å². The van der Waals surface area contributed by atoms with E-state index >= 15 is 0 Å². The van der Waals surface area contributed by atoms with Gasteiger partial charge >= 0.3 is 0 Å². The van der Waals surface area contributed by atoms with Gasteiger partial charge in [-0.25, -0.2) is 0 Å². The van der Waals surface area contributed by atoms with Crippen molar-refractivity contribution in [3.05, 3.63) is 30.7 Å². The number of nitrogens with one attached hydrogen (secondary N) is 1. The molecule has 0 saturated heterocycles. The van der Waals surface area contributed by atoms with E-state index in [1.807, 2.05) is 32.2 Å². The predicted molar refractivity (Wildman–Crippen MR) is 57.6 cm³/mol. The maximum atomic E-state index is 5.50. The lowest BCUT2D eigenvalue weighted by molar-refractivity contribution is 0.241. The third-order valence-corrected chi connectivity index (χ3v) is 1.90. The summed E-state index contributed by atoms with van der Waals surface area (Å²) in [5, 5.41) is 6.63. The Labute approximate surface area is 88.3 Å². The Kier molecular flexibility index (Phi) is 2.67. The van der Waals surface area contributed by atoms with Gasteiger partial charge in [0.15, 0.2) is 0 Å². The van der Waals surface area contributed by atoms with Gasteiger partial charge in [-0.3, -0.25) is 10.1 Å². The van der Waals surface area contributed by atoms with E-state index in [9.17, 15) is 0 Å². The number of rotatable bonds is 3. The Morgan fingerprint density at radius 3 is 2.67 bits per heavy atom. The van der Waals surface area contributed by atoms with Crippen molar-refractivity contribution >= 4 is 0 Å². The zero-order valence-corrected chi connectivity index (χ0v) is 8.77. The lowest BCUT2D eigenvalue weighted by atomic mass is 10.2. The standard InChI is InChI=1S/C11H13N3O/c1-8(2)15-10-3-4-11(12-7-10)9-5-13-14-6-9/h3-8H,1-2H3,(H,13,14). The lowest BCUT2D eigenvalue weighted by Gasteiger charge is -2.08. The fourth-order valence-corrected chi connectivity index (χ4v) is 1.28. The summed E-state index contributed by atoms with van der Waals surface area (Å²) < 4.78 is 5.50. The number of aromatic nitrogens is 3. The minimum Gasteiger partial charge on any atom is -0.489 e. The molecule has 0 radical (unpaired) electrons. The Bertz CT molecular complexity index is 406. The topological polar surface area (TPSA) is 50.8 Å². The third kappa shape index (κ3) is 2.34. The molecule has 4 heteroatoms. The third-order valence-electron chi connectivity index (χ3n) is 1.90. The number of ether oxygens (including phenoxy) is 1. The van der Waals surface area contributed by atoms with Gasteiger partial charge in [0.05, 0.1) is 24.2 Å². The molecular formula is C11H13N3O. The van der Waals surface area contributed by atoms with E-state index in [0.717, 1.165) is 17.0 Å². The van der Waals surface area contributed by atoms with E-state index in [2.05, 4.69) is 15.2 Å². The molecule has 15 heavy (non-hydrogen) atoms. The summed E-state index contributed by atoms with van der Waals surface area (Å²) in [4.78, 5) is 4.29. The highest BCUT2D eigenvalue weighted by atomic mass is 16.5. The van der Waals surface area contributed by atoms with Gasteiger partial charge in [-0.1, -0.05) is 0 Å². The average molecular weight is 203 g/mol. The highest BCUT2D eigenvalue weighted by Gasteiger charge is 2.01. The fourth-order valence-electron chi connectivity index (χ4n) is 1.28. The summed E-state index contributed by atoms with van der Waals surface area (Å²) in [6, 6.07) is 3.83. The summed E-state index contributed by atoms with van der Waals surface area (Å²) in [7, 11) is 0. The minimum absolute atomic E-state index is 0.173. The molecule has 0 aromatic carbocycles. The van der Waals surface area contributed by atoms with Crippen molar-refractivity contribution in [1.82, 2.24) is 15.2 Å². The second kappa shape index (κ2) is 4.13. The van der Waals surface area contributed by atoms with Crippen molar-refractivity contribution < 1.29 is 4.74 Å². The van der Waals surface area contributed by atoms with Crippen molar-refractivity contribution in [1.29, 1.82) is 0 Å². The normalized spacial score (nSPS) is 10.6. The van der Waals surface area contributed by atoms with E-state index in [0.29, 0.717) is 0 Å². The van der Waals surface area contributed by atoms with E-state index in [1.54, 1.807) is 12.4 Å². The first kappa shape index (κ1) is 9.71. The van der Waals surface area contributed by atoms with Gasteiger partial charge in [0.1, 0.15) is 5.75 Å². The summed E-state index contributed by atoms with van der Waals surface area (Å²) >= 11 is 0. The van der Waals surface area contributed by atoms with Gasteiger partial charge in [-0.05, 0) is 26.0 Å². The minimum atomic E-state index is 0.173. The first-order valence-corrected chi connectivity index (χ1v) is 4.87. The monoisotopic (exact) mass is 203 g/mol. The van der Waals surface area contributed by atoms with Crippen LogP contribution in [0.4, 0.5) is 0 Å². The van der Waals surface area contributed by atoms with Crippen LogP contribution in [0.2, 0.25) is 0 Å². The van der Waals surface area contributed by atoms with Crippen LogP contribution in [0.3, 0.4) is 0 Å². The fraction of sp³-hybridized carbons (Fsp3) is 0.273. The number of aromatic amines is 1. The van der Waals surface area contributed by atoms with Crippen LogP contribution in [0.1, 0.15) is 13.8 Å². The summed E-state index contributed by atoms with van der Waals surface area (Å²) in [5.74, 6) is 0.789. The Morgan fingerprint density at radius 1 is 1.27 bits per heavy atom. The van der Waals surface area contributed by atoms with Crippen LogP contribution in [-0.4, -0.2) is 21.3 Å². The smallest absolute Gasteiger partial charge is 0.138 e. The second-order valence-corrected chi connectivity index (χ2v) is 3.53. The van der Waals surface area contributed by atoms with Gasteiger partial charge in [0.2, 0.25) is 0 Å². The molecule has 0 atom stereocenters. The maximum Gasteiger partial charge on any atom is 0.138 e. The second-order valence-electron chi connectivity index (χ2n) is 3.53. The summed E-state index contributed by atoms with van der Waals surface area (Å²) in [6.45, 7) is 3.98. The van der Waals surface area contributed by atoms with Gasteiger partial charge in [0, 0.05) is 11.8 Å². The van der Waals surface area contributed by atoms with Crippen LogP contribution < -0.4 is 4.74 Å². The molecule has 78 valence electrons. The van der Waals surface area contributed by atoms with Crippen LogP contribution in [0.15, 0.2) is 30.7 Å². The largest absolute Gasteiger partial charge is 0.489 e. The number of nitrogens with zero attached hydrogens (tertiary/aromatic N) is 2. The molecule has 0 amide bonds. The zero-order chi connectivity index (χ0) is 10.7. The van der Waals surface area contributed by atoms with Crippen LogP contribution >= 0.6 is 0 Å². The van der Waals surface area contributed by atoms with E-state index in [-0.39, 0.29) is 6.10 Å². The highest BCUT2D eigenvalue weighted by Crippen LogP contribution is 2.18. The van der Waals surface area contributed by atoms with Crippen LogP contribution in [0.25, 0.3) is 11.3 Å². The molecule has 2 heterocycles. The highest BCUT2D eigenvalue weighted by molar-refractivity contribution is 5.56. The Morgan fingerprint density at radius 2 is 2.13 bits per heavy atom. The molecule has 1 N–H and O–H groups in total. The number of H-pyrrole nitrogens is 1. The molecular weight excluding hydrogens is 190 g/mol. The van der Waals surface area contributed by atoms with Gasteiger partial charge in [-0.2, -0.15) is 5.10 Å². The summed E-state index contributed by atoms with van der Waals surface area (Å²) in [5.41, 5.74) is 1.87. The molecule has 2 aromatic rings. The van der Waals surface area contributed by atoms with Crippen molar-refractivity contribution in [2.24, 2.45) is 0 Å². The van der Waals surface area contributed by atoms with Crippen molar-refractivity contribution in [3.8, 4) is 17.0 Å². The summed E-state index contributed by atoms with van der Waals surface area (Å²) in [6.07, 6.45) is 5.45. The van der Waals surface area contributed by atoms with Crippen LogP contribution in [-0.2, 0) is 0 Å². The zero-order valence-electron chi connectivity index (χ0n) is 8.77. The van der Waals surface area contributed by atoms with Crippen molar-refractivity contribution in [2.75, 3.05) is 0 Å².